The number of nitrogens with zero attached hydrogens (tertiary/aromatic N) is 5. The first-order valence-electron chi connectivity index (χ1n) is 13.0. The van der Waals surface area contributed by atoms with E-state index in [1.165, 1.54) is 0 Å². The Labute approximate surface area is 228 Å². The van der Waals surface area contributed by atoms with Gasteiger partial charge < -0.3 is 9.72 Å². The number of aromatic nitrogens is 6. The third-order valence-corrected chi connectivity index (χ3v) is 7.27. The summed E-state index contributed by atoms with van der Waals surface area (Å²) in [5.41, 5.74) is 8.12. The van der Waals surface area contributed by atoms with Crippen molar-refractivity contribution < 1.29 is 13.5 Å². The van der Waals surface area contributed by atoms with E-state index in [0.717, 1.165) is 44.6 Å². The van der Waals surface area contributed by atoms with E-state index in [0.29, 0.717) is 35.8 Å². The summed E-state index contributed by atoms with van der Waals surface area (Å²) in [4.78, 5) is 19.4. The van der Waals surface area contributed by atoms with E-state index in [-0.39, 0.29) is 13.0 Å². The number of hydrogen-bond acceptors (Lipinski definition) is 6. The van der Waals surface area contributed by atoms with Crippen molar-refractivity contribution in [2.75, 3.05) is 20.2 Å². The van der Waals surface area contributed by atoms with Gasteiger partial charge in [0, 0.05) is 43.0 Å². The van der Waals surface area contributed by atoms with Crippen LogP contribution in [0.2, 0.25) is 0 Å². The molecule has 40 heavy (non-hydrogen) atoms. The number of halogens is 2. The molecule has 0 amide bonds. The van der Waals surface area contributed by atoms with Crippen molar-refractivity contribution in [2.24, 2.45) is 0 Å². The van der Waals surface area contributed by atoms with Crippen LogP contribution in [0.15, 0.2) is 73.1 Å². The van der Waals surface area contributed by atoms with E-state index in [2.05, 4.69) is 20.2 Å². The SMILES string of the molecule is COc1cccc(-c2cccc3[nH]c(-c4n[nH]c5ccc(-c6cncc(CN7CCC(F)(F)C7)c6)nc45)nc23)c1. The fraction of sp³-hybridized carbons (Fsp3) is 0.200. The molecule has 2 aromatic carbocycles. The summed E-state index contributed by atoms with van der Waals surface area (Å²) in [5, 5.41) is 7.59. The third-order valence-electron chi connectivity index (χ3n) is 7.27. The summed E-state index contributed by atoms with van der Waals surface area (Å²) in [7, 11) is 1.65. The van der Waals surface area contributed by atoms with Crippen LogP contribution in [0.1, 0.15) is 12.0 Å². The summed E-state index contributed by atoms with van der Waals surface area (Å²) >= 11 is 0. The lowest BCUT2D eigenvalue weighted by Crippen LogP contribution is -2.24. The predicted molar refractivity (Wildman–Crippen MR) is 149 cm³/mol. The number of hydrogen-bond donors (Lipinski definition) is 2. The molecule has 1 aliphatic heterocycles. The maximum atomic E-state index is 13.7. The van der Waals surface area contributed by atoms with E-state index >= 15 is 0 Å². The lowest BCUT2D eigenvalue weighted by Gasteiger charge is -2.15. The van der Waals surface area contributed by atoms with Crippen molar-refractivity contribution in [1.82, 2.24) is 35.0 Å². The number of fused-ring (bicyclic) bond motifs is 2. The third kappa shape index (κ3) is 4.46. The van der Waals surface area contributed by atoms with Gasteiger partial charge in [-0.2, -0.15) is 5.10 Å². The zero-order valence-electron chi connectivity index (χ0n) is 21.7. The van der Waals surface area contributed by atoms with E-state index in [1.54, 1.807) is 24.4 Å². The smallest absolute Gasteiger partial charge is 0.261 e. The van der Waals surface area contributed by atoms with Crippen molar-refractivity contribution in [3.63, 3.8) is 0 Å². The Morgan fingerprint density at radius 3 is 2.70 bits per heavy atom. The van der Waals surface area contributed by atoms with E-state index in [1.807, 2.05) is 60.7 Å². The van der Waals surface area contributed by atoms with Crippen LogP contribution in [-0.2, 0) is 6.54 Å². The van der Waals surface area contributed by atoms with Gasteiger partial charge in [-0.05, 0) is 47.5 Å². The second-order valence-corrected chi connectivity index (χ2v) is 10.1. The van der Waals surface area contributed by atoms with E-state index in [4.69, 9.17) is 14.7 Å². The molecule has 10 heteroatoms. The summed E-state index contributed by atoms with van der Waals surface area (Å²) in [5.74, 6) is -1.25. The number of benzene rings is 2. The number of aromatic amines is 2. The number of ether oxygens (including phenoxy) is 1. The van der Waals surface area contributed by atoms with Gasteiger partial charge in [-0.3, -0.25) is 15.0 Å². The van der Waals surface area contributed by atoms with Crippen molar-refractivity contribution in [1.29, 1.82) is 0 Å². The number of H-pyrrole nitrogens is 2. The van der Waals surface area contributed by atoms with Crippen LogP contribution in [0.4, 0.5) is 8.78 Å². The molecule has 200 valence electrons. The maximum Gasteiger partial charge on any atom is 0.261 e. The van der Waals surface area contributed by atoms with Gasteiger partial charge in [-0.1, -0.05) is 24.3 Å². The van der Waals surface area contributed by atoms with Crippen molar-refractivity contribution in [2.45, 2.75) is 18.9 Å². The molecule has 6 aromatic rings. The van der Waals surface area contributed by atoms with Gasteiger partial charge in [0.05, 0.1) is 35.9 Å². The van der Waals surface area contributed by atoms with Gasteiger partial charge in [-0.25, -0.2) is 18.7 Å². The van der Waals surface area contributed by atoms with Crippen LogP contribution < -0.4 is 4.74 Å². The molecule has 4 aromatic heterocycles. The molecule has 1 aliphatic rings. The molecule has 0 atom stereocenters. The number of para-hydroxylation sites is 1. The molecule has 2 N–H and O–H groups in total. The second kappa shape index (κ2) is 9.49. The number of methoxy groups -OCH3 is 1. The molecule has 0 radical (unpaired) electrons. The van der Waals surface area contributed by atoms with Crippen molar-refractivity contribution >= 4 is 22.1 Å². The van der Waals surface area contributed by atoms with Crippen LogP contribution in [0.25, 0.3) is 56.0 Å². The highest BCUT2D eigenvalue weighted by molar-refractivity contribution is 5.96. The molecule has 0 bridgehead atoms. The van der Waals surface area contributed by atoms with Gasteiger partial charge in [-0.15, -0.1) is 0 Å². The number of alkyl halides is 2. The molecule has 8 nitrogen and oxygen atoms in total. The molecule has 0 aliphatic carbocycles. The summed E-state index contributed by atoms with van der Waals surface area (Å²) in [6, 6.07) is 19.7. The zero-order chi connectivity index (χ0) is 27.3. The van der Waals surface area contributed by atoms with Crippen LogP contribution in [0, 0.1) is 0 Å². The molecular formula is C30H25F2N7O. The molecule has 1 saturated heterocycles. The average Bonchev–Trinajstić information content (AvgIpc) is 3.68. The zero-order valence-corrected chi connectivity index (χ0v) is 21.7. The minimum atomic E-state index is -2.62. The Kier molecular flexibility index (Phi) is 5.78. The number of pyridine rings is 2. The minimum absolute atomic E-state index is 0.107. The number of nitrogens with one attached hydrogen (secondary N) is 2. The van der Waals surface area contributed by atoms with Gasteiger partial charge in [0.2, 0.25) is 0 Å². The molecule has 0 unspecified atom stereocenters. The quantitative estimate of drug-likeness (QED) is 0.267. The molecule has 0 saturated carbocycles. The summed E-state index contributed by atoms with van der Waals surface area (Å²) < 4.78 is 32.7. The van der Waals surface area contributed by atoms with Crippen LogP contribution >= 0.6 is 0 Å². The maximum absolute atomic E-state index is 13.7. The van der Waals surface area contributed by atoms with E-state index < -0.39 is 5.92 Å². The van der Waals surface area contributed by atoms with Crippen molar-refractivity contribution in [3.8, 4) is 39.7 Å². The first kappa shape index (κ1) is 24.3. The standard InChI is InChI=1S/C30H25F2N7O/c1-40-21-5-2-4-19(13-21)22-6-3-7-24-26(22)36-29(35-24)28-27-25(37-38-28)9-8-23(34-27)20-12-18(14-33-15-20)16-39-11-10-30(31,32)17-39/h2-9,12-15H,10-11,16-17H2,1H3,(H,35,36)(H,37,38). The van der Waals surface area contributed by atoms with Gasteiger partial charge in [0.25, 0.3) is 5.92 Å². The Balaban J connectivity index is 1.24. The van der Waals surface area contributed by atoms with Gasteiger partial charge in [0.15, 0.2) is 11.5 Å². The molecular weight excluding hydrogens is 512 g/mol. The monoisotopic (exact) mass is 537 g/mol. The van der Waals surface area contributed by atoms with Crippen LogP contribution in [0.5, 0.6) is 5.75 Å². The highest BCUT2D eigenvalue weighted by Gasteiger charge is 2.37. The van der Waals surface area contributed by atoms with Gasteiger partial charge >= 0.3 is 0 Å². The normalized spacial score (nSPS) is 15.3. The van der Waals surface area contributed by atoms with E-state index in [9.17, 15) is 8.78 Å². The van der Waals surface area contributed by atoms with Crippen LogP contribution in [-0.4, -0.2) is 61.2 Å². The summed E-state index contributed by atoms with van der Waals surface area (Å²) in [6.07, 6.45) is 3.35. The predicted octanol–water partition coefficient (Wildman–Crippen LogP) is 6.08. The number of imidazole rings is 1. The molecule has 0 spiro atoms. The Hall–Kier alpha value is -4.70. The first-order valence-corrected chi connectivity index (χ1v) is 13.0. The van der Waals surface area contributed by atoms with Gasteiger partial charge in [0.1, 0.15) is 11.3 Å². The lowest BCUT2D eigenvalue weighted by molar-refractivity contribution is 0.0115. The number of likely N-dealkylation sites (tertiary alicyclic amines) is 1. The Morgan fingerprint density at radius 2 is 1.85 bits per heavy atom. The Morgan fingerprint density at radius 1 is 0.950 bits per heavy atom. The minimum Gasteiger partial charge on any atom is -0.497 e. The molecule has 1 fully saturated rings. The van der Waals surface area contributed by atoms with Crippen LogP contribution in [0.3, 0.4) is 0 Å². The Bertz CT molecular complexity index is 1860. The molecule has 7 rings (SSSR count). The first-order chi connectivity index (χ1) is 19.5. The summed E-state index contributed by atoms with van der Waals surface area (Å²) in [6.45, 7) is 0.567. The fourth-order valence-corrected chi connectivity index (χ4v) is 5.31. The average molecular weight is 538 g/mol. The number of rotatable bonds is 6. The topological polar surface area (TPSA) is 95.6 Å². The lowest BCUT2D eigenvalue weighted by atomic mass is 10.0. The fourth-order valence-electron chi connectivity index (χ4n) is 5.31. The highest BCUT2D eigenvalue weighted by atomic mass is 19.3. The second-order valence-electron chi connectivity index (χ2n) is 10.1. The largest absolute Gasteiger partial charge is 0.497 e. The van der Waals surface area contributed by atoms with Crippen molar-refractivity contribution in [3.05, 3.63) is 78.6 Å². The highest BCUT2D eigenvalue weighted by Crippen LogP contribution is 2.33. The molecule has 5 heterocycles.